The van der Waals surface area contributed by atoms with Gasteiger partial charge in [-0.3, -0.25) is 0 Å². The van der Waals surface area contributed by atoms with Crippen LogP contribution in [0.25, 0.3) is 0 Å². The van der Waals surface area contributed by atoms with E-state index in [1.807, 2.05) is 0 Å². The monoisotopic (exact) mass is 232 g/mol. The van der Waals surface area contributed by atoms with Gasteiger partial charge in [0.05, 0.1) is 16.5 Å². The van der Waals surface area contributed by atoms with Crippen LogP contribution in [0.15, 0.2) is 0 Å². The first-order valence-electron chi connectivity index (χ1n) is 5.19. The Hall–Kier alpha value is 0.886. The molecule has 78 valence electrons. The summed E-state index contributed by atoms with van der Waals surface area (Å²) in [6.07, 6.45) is 0. The van der Waals surface area contributed by atoms with E-state index in [4.69, 9.17) is 0 Å². The molecule has 2 nitrogen and oxygen atoms in total. The average molecular weight is 232 g/mol. The molecule has 0 amide bonds. The predicted molar refractivity (Wildman–Crippen MR) is 69.2 cm³/mol. The number of nitrogens with one attached hydrogen (secondary N) is 2. The Balaban J connectivity index is 4.05. The highest BCUT2D eigenvalue weighted by Gasteiger charge is 2.28. The maximum atomic E-state index is 3.86. The maximum absolute atomic E-state index is 3.86. The molecule has 2 N–H and O–H groups in total. The van der Waals surface area contributed by atoms with Gasteiger partial charge in [-0.25, -0.2) is 0 Å². The van der Waals surface area contributed by atoms with Crippen LogP contribution in [0.1, 0.15) is 6.92 Å². The fourth-order valence-corrected chi connectivity index (χ4v) is 12.2. The molecule has 13 heavy (non-hydrogen) atoms. The summed E-state index contributed by atoms with van der Waals surface area (Å²) < 4.78 is 7.73. The van der Waals surface area contributed by atoms with Gasteiger partial charge in [-0.15, -0.1) is 0 Å². The number of hydrogen-bond acceptors (Lipinski definition) is 2. The van der Waals surface area contributed by atoms with Gasteiger partial charge in [0.15, 0.2) is 0 Å². The van der Waals surface area contributed by atoms with Crippen LogP contribution >= 0.6 is 0 Å². The standard InChI is InChI=1S/2C3H10NSi.C2H5.Al/c2*1-5(2,3)4;1-2;/h2*4H,1-3H3;1H2,2H3;/q2*-1;;+2. The highest BCUT2D eigenvalue weighted by atomic mass is 28.3. The van der Waals surface area contributed by atoms with Gasteiger partial charge in [-0.1, -0.05) is 51.5 Å². The van der Waals surface area contributed by atoms with Crippen LogP contribution < -0.4 is 7.93 Å². The number of hydrogen-bond donors (Lipinski definition) is 2. The molecule has 0 rings (SSSR count). The van der Waals surface area contributed by atoms with E-state index in [1.54, 1.807) is 0 Å². The van der Waals surface area contributed by atoms with Crippen molar-refractivity contribution in [1.29, 1.82) is 0 Å². The van der Waals surface area contributed by atoms with Crippen molar-refractivity contribution in [2.24, 2.45) is 0 Å². The first-order valence-corrected chi connectivity index (χ1v) is 14.2. The summed E-state index contributed by atoms with van der Waals surface area (Å²) in [5, 5.41) is 1.31. The Morgan fingerprint density at radius 3 is 1.31 bits per heavy atom. The van der Waals surface area contributed by atoms with Gasteiger partial charge in [0.1, 0.15) is 0 Å². The van der Waals surface area contributed by atoms with Crippen molar-refractivity contribution < 1.29 is 0 Å². The van der Waals surface area contributed by atoms with E-state index in [-0.39, 0.29) is 0 Å². The summed E-state index contributed by atoms with van der Waals surface area (Å²) in [5.74, 6) is 0. The molecular weight excluding hydrogens is 207 g/mol. The molecular formula is C8H25AlN2Si2. The smallest absolute Gasteiger partial charge is 0.409 e. The van der Waals surface area contributed by atoms with E-state index in [2.05, 4.69) is 54.1 Å². The van der Waals surface area contributed by atoms with Crippen molar-refractivity contribution in [3.05, 3.63) is 0 Å². The van der Waals surface area contributed by atoms with Gasteiger partial charge in [0.25, 0.3) is 0 Å². The molecule has 0 saturated carbocycles. The summed E-state index contributed by atoms with van der Waals surface area (Å²) in [6, 6.07) is 0. The normalized spacial score (nSPS) is 13.2. The van der Waals surface area contributed by atoms with E-state index < -0.39 is 31.1 Å². The maximum Gasteiger partial charge on any atom is 0.467 e. The van der Waals surface area contributed by atoms with Gasteiger partial charge in [-0.05, 0) is 0 Å². The lowest BCUT2D eigenvalue weighted by molar-refractivity contribution is 1.18. The SMILES string of the molecule is C[CH2][Al]([NH][Si](C)(C)C)[NH][Si](C)(C)C. The van der Waals surface area contributed by atoms with Crippen molar-refractivity contribution in [2.45, 2.75) is 51.5 Å². The van der Waals surface area contributed by atoms with Crippen LogP contribution in [0.4, 0.5) is 0 Å². The van der Waals surface area contributed by atoms with Crippen LogP contribution in [0.5, 0.6) is 0 Å². The third kappa shape index (κ3) is 9.20. The Bertz CT molecular complexity index is 135. The Morgan fingerprint density at radius 2 is 1.15 bits per heavy atom. The van der Waals surface area contributed by atoms with Crippen molar-refractivity contribution in [3.8, 4) is 0 Å². The number of rotatable bonds is 5. The van der Waals surface area contributed by atoms with Crippen LogP contribution in [0.2, 0.25) is 44.6 Å². The van der Waals surface area contributed by atoms with Crippen LogP contribution in [0, 0.1) is 0 Å². The highest BCUT2D eigenvalue weighted by Crippen LogP contribution is 2.01. The first kappa shape index (κ1) is 13.9. The van der Waals surface area contributed by atoms with Gasteiger partial charge in [0, 0.05) is 0 Å². The molecule has 0 radical (unpaired) electrons. The first-order chi connectivity index (χ1) is 5.64. The molecule has 0 spiro atoms. The summed E-state index contributed by atoms with van der Waals surface area (Å²) in [7, 11) is -2.14. The van der Waals surface area contributed by atoms with Crippen molar-refractivity contribution in [1.82, 2.24) is 7.93 Å². The van der Waals surface area contributed by atoms with Crippen molar-refractivity contribution in [2.75, 3.05) is 0 Å². The zero-order valence-electron chi connectivity index (χ0n) is 10.3. The van der Waals surface area contributed by atoms with Gasteiger partial charge < -0.3 is 7.93 Å². The van der Waals surface area contributed by atoms with E-state index in [0.29, 0.717) is 0 Å². The molecule has 0 heterocycles. The fourth-order valence-electron chi connectivity index (χ4n) is 1.29. The second kappa shape index (κ2) is 5.10. The molecule has 0 saturated heterocycles. The van der Waals surface area contributed by atoms with Crippen LogP contribution in [0.3, 0.4) is 0 Å². The average Bonchev–Trinajstić information content (AvgIpc) is 1.79. The van der Waals surface area contributed by atoms with Crippen molar-refractivity contribution >= 4 is 31.1 Å². The third-order valence-corrected chi connectivity index (χ3v) is 12.2. The fraction of sp³-hybridized carbons (Fsp3) is 1.00. The molecule has 0 aliphatic rings. The zero-order valence-corrected chi connectivity index (χ0v) is 13.4. The Morgan fingerprint density at radius 1 is 0.846 bits per heavy atom. The third-order valence-electron chi connectivity index (χ3n) is 1.62. The molecule has 0 aliphatic carbocycles. The van der Waals surface area contributed by atoms with Crippen LogP contribution in [-0.2, 0) is 0 Å². The highest BCUT2D eigenvalue weighted by molar-refractivity contribution is 6.89. The molecule has 0 aromatic carbocycles. The summed E-state index contributed by atoms with van der Waals surface area (Å²) in [4.78, 5) is 0. The topological polar surface area (TPSA) is 24.1 Å². The van der Waals surface area contributed by atoms with E-state index in [1.165, 1.54) is 5.28 Å². The minimum absolute atomic E-state index is 0.840. The zero-order chi connectivity index (χ0) is 10.7. The summed E-state index contributed by atoms with van der Waals surface area (Å²) in [5.41, 5.74) is 0. The van der Waals surface area contributed by atoms with Gasteiger partial charge in [-0.2, -0.15) is 0 Å². The van der Waals surface area contributed by atoms with E-state index in [9.17, 15) is 0 Å². The van der Waals surface area contributed by atoms with Crippen LogP contribution in [-0.4, -0.2) is 31.1 Å². The molecule has 0 aliphatic heterocycles. The van der Waals surface area contributed by atoms with E-state index in [0.717, 1.165) is 0 Å². The lowest BCUT2D eigenvalue weighted by Crippen LogP contribution is -2.63. The molecule has 5 heteroatoms. The summed E-state index contributed by atoms with van der Waals surface area (Å²) in [6.45, 7) is 16.6. The predicted octanol–water partition coefficient (Wildman–Crippen LogP) is 2.34. The lowest BCUT2D eigenvalue weighted by atomic mass is 11.0. The lowest BCUT2D eigenvalue weighted by Gasteiger charge is -2.28. The van der Waals surface area contributed by atoms with Crippen molar-refractivity contribution in [3.63, 3.8) is 0 Å². The molecule has 0 aromatic heterocycles. The van der Waals surface area contributed by atoms with Gasteiger partial charge >= 0.3 is 14.6 Å². The second-order valence-electron chi connectivity index (χ2n) is 5.75. The molecule has 0 atom stereocenters. The quantitative estimate of drug-likeness (QED) is 0.711. The minimum atomic E-state index is -1.07. The largest absolute Gasteiger partial charge is 0.467 e. The molecule has 0 unspecified atom stereocenters. The Labute approximate surface area is 90.5 Å². The van der Waals surface area contributed by atoms with E-state index >= 15 is 0 Å². The molecule has 0 bridgehead atoms. The summed E-state index contributed by atoms with van der Waals surface area (Å²) >= 11 is -0.840. The Kier molecular flexibility index (Phi) is 5.45. The van der Waals surface area contributed by atoms with Gasteiger partial charge in [0.2, 0.25) is 0 Å². The molecule has 0 aromatic rings. The minimum Gasteiger partial charge on any atom is -0.409 e. The molecule has 0 fully saturated rings. The second-order valence-corrected chi connectivity index (χ2v) is 19.0.